The molecule has 0 saturated heterocycles. The van der Waals surface area contributed by atoms with Crippen LogP contribution in [0.4, 0.5) is 0 Å². The first-order chi connectivity index (χ1) is 13.2. The van der Waals surface area contributed by atoms with Gasteiger partial charge in [0, 0.05) is 46.4 Å². The van der Waals surface area contributed by atoms with E-state index in [1.165, 1.54) is 16.4 Å². The lowest BCUT2D eigenvalue weighted by molar-refractivity contribution is 0.327. The second-order valence-electron chi connectivity index (χ2n) is 6.70. The lowest BCUT2D eigenvalue weighted by Gasteiger charge is -2.12. The summed E-state index contributed by atoms with van der Waals surface area (Å²) in [5, 5.41) is 4.37. The van der Waals surface area contributed by atoms with Crippen molar-refractivity contribution in [3.63, 3.8) is 0 Å². The number of aromatic amines is 1. The number of aromatic nitrogens is 6. The average molecular weight is 378 g/mol. The van der Waals surface area contributed by atoms with Gasteiger partial charge in [0.05, 0.1) is 6.61 Å². The number of hydrogen-bond acceptors (Lipinski definition) is 6. The van der Waals surface area contributed by atoms with Gasteiger partial charge in [-0.25, -0.2) is 14.6 Å². The van der Waals surface area contributed by atoms with Crippen LogP contribution in [0.5, 0.6) is 5.75 Å². The molecule has 136 valence electrons. The highest BCUT2D eigenvalue weighted by atomic mass is 32.1. The summed E-state index contributed by atoms with van der Waals surface area (Å²) in [5.74, 6) is 2.47. The van der Waals surface area contributed by atoms with E-state index in [9.17, 15) is 0 Å². The minimum absolute atomic E-state index is 0.211. The van der Waals surface area contributed by atoms with Crippen molar-refractivity contribution >= 4 is 11.5 Å². The third kappa shape index (κ3) is 2.64. The van der Waals surface area contributed by atoms with E-state index in [4.69, 9.17) is 9.11 Å². The molecule has 5 rings (SSSR count). The first-order valence-corrected chi connectivity index (χ1v) is 9.65. The highest BCUT2D eigenvalue weighted by Gasteiger charge is 2.26. The van der Waals surface area contributed by atoms with Gasteiger partial charge in [0.25, 0.3) is 0 Å². The van der Waals surface area contributed by atoms with Gasteiger partial charge in [0.2, 0.25) is 0 Å². The Morgan fingerprint density at radius 3 is 3.00 bits per heavy atom. The fourth-order valence-electron chi connectivity index (χ4n) is 3.40. The fourth-order valence-corrected chi connectivity index (χ4v) is 4.24. The Bertz CT molecular complexity index is 1100. The van der Waals surface area contributed by atoms with Crippen LogP contribution in [-0.4, -0.2) is 35.7 Å². The minimum atomic E-state index is 0.211. The molecular weight excluding hydrogens is 360 g/mol. The quantitative estimate of drug-likeness (QED) is 0.583. The van der Waals surface area contributed by atoms with Gasteiger partial charge in [0.15, 0.2) is 5.82 Å². The molecule has 1 aliphatic rings. The topological polar surface area (TPSA) is 81.5 Å². The lowest BCUT2D eigenvalue weighted by atomic mass is 10.00. The van der Waals surface area contributed by atoms with E-state index in [1.54, 1.807) is 12.5 Å². The summed E-state index contributed by atoms with van der Waals surface area (Å²) in [5.41, 5.74) is 4.02. The normalized spacial score (nSPS) is 13.1. The number of hydrogen-bond donors (Lipinski definition) is 1. The van der Waals surface area contributed by atoms with Crippen LogP contribution in [0, 0.1) is 0 Å². The maximum absolute atomic E-state index is 6.07. The first-order valence-electron chi connectivity index (χ1n) is 8.88. The van der Waals surface area contributed by atoms with E-state index in [0.29, 0.717) is 6.61 Å². The summed E-state index contributed by atoms with van der Waals surface area (Å²) in [6, 6.07) is 6.40. The molecule has 7 nitrogen and oxygen atoms in total. The van der Waals surface area contributed by atoms with E-state index < -0.39 is 0 Å². The predicted octanol–water partition coefficient (Wildman–Crippen LogP) is 3.97. The SMILES string of the molecule is CC(C)n1ncnc1-c1nsc2c1-c1ccc(-c3ncc[nH]3)cc1OCC2. The molecule has 1 aromatic carbocycles. The van der Waals surface area contributed by atoms with Gasteiger partial charge >= 0.3 is 0 Å². The number of ether oxygens (including phenoxy) is 1. The molecule has 0 aliphatic carbocycles. The maximum atomic E-state index is 6.07. The molecule has 1 aliphatic heterocycles. The summed E-state index contributed by atoms with van der Waals surface area (Å²) in [6.45, 7) is 4.81. The summed E-state index contributed by atoms with van der Waals surface area (Å²) in [7, 11) is 0. The zero-order valence-electron chi connectivity index (χ0n) is 15.0. The summed E-state index contributed by atoms with van der Waals surface area (Å²) >= 11 is 1.52. The van der Waals surface area contributed by atoms with Gasteiger partial charge in [-0.1, -0.05) is 6.07 Å². The zero-order valence-corrected chi connectivity index (χ0v) is 15.8. The summed E-state index contributed by atoms with van der Waals surface area (Å²) < 4.78 is 12.7. The van der Waals surface area contributed by atoms with Crippen LogP contribution in [0.15, 0.2) is 36.9 Å². The first kappa shape index (κ1) is 16.2. The smallest absolute Gasteiger partial charge is 0.178 e. The standard InChI is InChI=1S/C19H18N6OS/c1-11(2)25-19(22-10-23-25)17-16-13-4-3-12(18-20-6-7-21-18)9-14(13)26-8-5-15(16)27-24-17/h3-4,6-7,9-11H,5,8H2,1-2H3,(H,20,21). The summed E-state index contributed by atoms with van der Waals surface area (Å²) in [4.78, 5) is 13.2. The molecular formula is C19H18N6OS. The van der Waals surface area contributed by atoms with Crippen molar-refractivity contribution in [3.05, 3.63) is 41.8 Å². The highest BCUT2D eigenvalue weighted by Crippen LogP contribution is 2.44. The van der Waals surface area contributed by atoms with Gasteiger partial charge in [-0.15, -0.1) is 0 Å². The Morgan fingerprint density at radius 2 is 2.19 bits per heavy atom. The number of nitrogens with one attached hydrogen (secondary N) is 1. The number of imidazole rings is 1. The molecule has 0 atom stereocenters. The molecule has 3 aromatic heterocycles. The van der Waals surface area contributed by atoms with Gasteiger partial charge in [0.1, 0.15) is 23.6 Å². The van der Waals surface area contributed by atoms with Gasteiger partial charge in [-0.2, -0.15) is 9.47 Å². The molecule has 0 amide bonds. The average Bonchev–Trinajstić information content (AvgIpc) is 3.40. The Morgan fingerprint density at radius 1 is 1.26 bits per heavy atom. The molecule has 0 radical (unpaired) electrons. The molecule has 0 saturated carbocycles. The maximum Gasteiger partial charge on any atom is 0.178 e. The van der Waals surface area contributed by atoms with Crippen LogP contribution >= 0.6 is 11.5 Å². The highest BCUT2D eigenvalue weighted by molar-refractivity contribution is 7.06. The number of benzene rings is 1. The number of fused-ring (bicyclic) bond motifs is 3. The van der Waals surface area contributed by atoms with E-state index in [-0.39, 0.29) is 6.04 Å². The zero-order chi connectivity index (χ0) is 18.4. The van der Waals surface area contributed by atoms with Crippen molar-refractivity contribution in [2.45, 2.75) is 26.3 Å². The Balaban J connectivity index is 1.68. The van der Waals surface area contributed by atoms with Crippen LogP contribution in [0.1, 0.15) is 24.8 Å². The van der Waals surface area contributed by atoms with Crippen molar-refractivity contribution < 1.29 is 4.74 Å². The minimum Gasteiger partial charge on any atom is -0.493 e. The Kier molecular flexibility index (Phi) is 3.78. The van der Waals surface area contributed by atoms with Crippen LogP contribution in [0.2, 0.25) is 0 Å². The van der Waals surface area contributed by atoms with E-state index in [0.717, 1.165) is 46.2 Å². The predicted molar refractivity (Wildman–Crippen MR) is 104 cm³/mol. The third-order valence-corrected chi connectivity index (χ3v) is 5.55. The molecule has 0 spiro atoms. The van der Waals surface area contributed by atoms with Gasteiger partial charge in [-0.05, 0) is 37.5 Å². The Hall–Kier alpha value is -3.00. The fraction of sp³-hybridized carbons (Fsp3) is 0.263. The van der Waals surface area contributed by atoms with E-state index >= 15 is 0 Å². The number of nitrogens with zero attached hydrogens (tertiary/aromatic N) is 5. The van der Waals surface area contributed by atoms with Crippen molar-refractivity contribution in [2.24, 2.45) is 0 Å². The largest absolute Gasteiger partial charge is 0.493 e. The van der Waals surface area contributed by atoms with Gasteiger partial charge < -0.3 is 9.72 Å². The molecule has 27 heavy (non-hydrogen) atoms. The summed E-state index contributed by atoms with van der Waals surface area (Å²) in [6.07, 6.45) is 5.99. The molecule has 8 heteroatoms. The van der Waals surface area contributed by atoms with Crippen LogP contribution in [-0.2, 0) is 6.42 Å². The van der Waals surface area contributed by atoms with Crippen molar-refractivity contribution in [2.75, 3.05) is 6.61 Å². The second kappa shape index (κ2) is 6.31. The third-order valence-electron chi connectivity index (χ3n) is 4.65. The van der Waals surface area contributed by atoms with E-state index in [1.807, 2.05) is 16.9 Å². The van der Waals surface area contributed by atoms with Crippen molar-refractivity contribution in [3.8, 4) is 39.8 Å². The molecule has 0 bridgehead atoms. The van der Waals surface area contributed by atoms with Gasteiger partial charge in [-0.3, -0.25) is 0 Å². The van der Waals surface area contributed by atoms with Crippen LogP contribution < -0.4 is 4.74 Å². The van der Waals surface area contributed by atoms with Crippen molar-refractivity contribution in [1.29, 1.82) is 0 Å². The van der Waals surface area contributed by atoms with Crippen LogP contribution in [0.25, 0.3) is 34.0 Å². The molecule has 0 fully saturated rings. The Labute approximate surface area is 160 Å². The van der Waals surface area contributed by atoms with E-state index in [2.05, 4.69) is 46.0 Å². The van der Waals surface area contributed by atoms with Crippen LogP contribution in [0.3, 0.4) is 0 Å². The van der Waals surface area contributed by atoms with Crippen molar-refractivity contribution in [1.82, 2.24) is 29.1 Å². The number of H-pyrrole nitrogens is 1. The monoisotopic (exact) mass is 378 g/mol. The second-order valence-corrected chi connectivity index (χ2v) is 7.56. The number of rotatable bonds is 3. The molecule has 1 N–H and O–H groups in total. The lowest BCUT2D eigenvalue weighted by Crippen LogP contribution is -2.05. The molecule has 4 heterocycles. The molecule has 4 aromatic rings. The molecule has 0 unspecified atom stereocenters.